The number of rotatable bonds is 7. The van der Waals surface area contributed by atoms with Gasteiger partial charge in [0, 0.05) is 11.7 Å². The summed E-state index contributed by atoms with van der Waals surface area (Å²) in [7, 11) is -3.63. The summed E-state index contributed by atoms with van der Waals surface area (Å²) in [5.41, 5.74) is 2.43. The Hall–Kier alpha value is -2.34. The fraction of sp³-hybridized carbons (Fsp3) is 0.350. The lowest BCUT2D eigenvalue weighted by Crippen LogP contribution is -2.26. The summed E-state index contributed by atoms with van der Waals surface area (Å²) in [6, 6.07) is 14.2. The number of carbonyl (C=O) groups excluding carboxylic acids is 1. The molecule has 0 radical (unpaired) electrons. The Morgan fingerprint density at radius 3 is 2.19 bits per heavy atom. The molecule has 0 bridgehead atoms. The Labute approximate surface area is 154 Å². The molecule has 138 valence electrons. The van der Waals surface area contributed by atoms with E-state index in [1.807, 2.05) is 12.1 Å². The Morgan fingerprint density at radius 2 is 1.65 bits per heavy atom. The van der Waals surface area contributed by atoms with Crippen LogP contribution in [-0.2, 0) is 21.2 Å². The van der Waals surface area contributed by atoms with Gasteiger partial charge in [0.2, 0.25) is 5.91 Å². The Bertz CT molecular complexity index is 868. The lowest BCUT2D eigenvalue weighted by Gasteiger charge is -2.11. The topological polar surface area (TPSA) is 75.3 Å². The van der Waals surface area contributed by atoms with E-state index in [0.717, 1.165) is 24.0 Å². The van der Waals surface area contributed by atoms with Crippen LogP contribution in [0, 0.1) is 0 Å². The van der Waals surface area contributed by atoms with Crippen LogP contribution in [0.25, 0.3) is 0 Å². The van der Waals surface area contributed by atoms with Gasteiger partial charge in [-0.25, -0.2) is 8.42 Å². The molecule has 2 aromatic rings. The molecule has 6 heteroatoms. The smallest absolute Gasteiger partial charge is 0.261 e. The van der Waals surface area contributed by atoms with Crippen molar-refractivity contribution in [1.82, 2.24) is 5.32 Å². The van der Waals surface area contributed by atoms with E-state index in [4.69, 9.17) is 0 Å². The van der Waals surface area contributed by atoms with Gasteiger partial charge in [-0.2, -0.15) is 0 Å². The van der Waals surface area contributed by atoms with Crippen LogP contribution in [0.1, 0.15) is 43.7 Å². The predicted octanol–water partition coefficient (Wildman–Crippen LogP) is 3.43. The zero-order valence-electron chi connectivity index (χ0n) is 15.0. The molecule has 1 aliphatic carbocycles. The van der Waals surface area contributed by atoms with Crippen LogP contribution < -0.4 is 10.0 Å². The zero-order chi connectivity index (χ0) is 18.7. The van der Waals surface area contributed by atoms with Crippen LogP contribution in [0.2, 0.25) is 0 Å². The highest BCUT2D eigenvalue weighted by atomic mass is 32.2. The molecule has 0 unspecified atom stereocenters. The Kier molecular flexibility index (Phi) is 5.32. The van der Waals surface area contributed by atoms with Crippen molar-refractivity contribution in [2.45, 2.75) is 50.0 Å². The second-order valence-corrected chi connectivity index (χ2v) is 8.73. The maximum Gasteiger partial charge on any atom is 0.261 e. The number of anilines is 1. The third-order valence-electron chi connectivity index (χ3n) is 4.37. The molecule has 0 spiro atoms. The molecular weight excluding hydrogens is 348 g/mol. The van der Waals surface area contributed by atoms with Crippen molar-refractivity contribution in [3.8, 4) is 0 Å². The predicted molar refractivity (Wildman–Crippen MR) is 103 cm³/mol. The van der Waals surface area contributed by atoms with Crippen molar-refractivity contribution in [1.29, 1.82) is 0 Å². The first kappa shape index (κ1) is 18.5. The highest BCUT2D eigenvalue weighted by Gasteiger charge is 2.23. The number of sulfonamides is 1. The molecule has 0 heterocycles. The van der Waals surface area contributed by atoms with Crippen molar-refractivity contribution in [2.75, 3.05) is 4.72 Å². The molecule has 0 atom stereocenters. The number of hydrogen-bond acceptors (Lipinski definition) is 3. The van der Waals surface area contributed by atoms with Gasteiger partial charge in [0.15, 0.2) is 0 Å². The van der Waals surface area contributed by atoms with Gasteiger partial charge in [-0.3, -0.25) is 9.52 Å². The average molecular weight is 372 g/mol. The van der Waals surface area contributed by atoms with Crippen LogP contribution in [0.15, 0.2) is 53.4 Å². The minimum absolute atomic E-state index is 0.00562. The third kappa shape index (κ3) is 4.85. The molecule has 2 N–H and O–H groups in total. The highest BCUT2D eigenvalue weighted by molar-refractivity contribution is 7.92. The summed E-state index contributed by atoms with van der Waals surface area (Å²) in [6.07, 6.45) is 2.43. The first-order valence-corrected chi connectivity index (χ1v) is 10.3. The van der Waals surface area contributed by atoms with Gasteiger partial charge in [-0.05, 0) is 54.2 Å². The number of nitrogens with one attached hydrogen (secondary N) is 2. The monoisotopic (exact) mass is 372 g/mol. The quantitative estimate of drug-likeness (QED) is 0.782. The lowest BCUT2D eigenvalue weighted by molar-refractivity contribution is -0.120. The Balaban J connectivity index is 1.64. The second-order valence-electron chi connectivity index (χ2n) is 7.04. The summed E-state index contributed by atoms with van der Waals surface area (Å²) < 4.78 is 27.6. The molecule has 1 amide bonds. The van der Waals surface area contributed by atoms with E-state index in [1.165, 1.54) is 0 Å². The molecule has 0 aromatic heterocycles. The molecule has 5 nitrogen and oxygen atoms in total. The third-order valence-corrected chi connectivity index (χ3v) is 5.77. The molecular formula is C20H24N2O3S. The number of benzene rings is 2. The maximum absolute atomic E-state index is 12.5. The van der Waals surface area contributed by atoms with Crippen molar-refractivity contribution in [2.24, 2.45) is 0 Å². The van der Waals surface area contributed by atoms with Gasteiger partial charge >= 0.3 is 0 Å². The minimum Gasteiger partial charge on any atom is -0.353 e. The van der Waals surface area contributed by atoms with Gasteiger partial charge in [0.05, 0.1) is 11.3 Å². The van der Waals surface area contributed by atoms with E-state index in [9.17, 15) is 13.2 Å². The average Bonchev–Trinajstić information content (AvgIpc) is 3.40. The van der Waals surface area contributed by atoms with E-state index in [0.29, 0.717) is 24.1 Å². The van der Waals surface area contributed by atoms with E-state index < -0.39 is 10.0 Å². The largest absolute Gasteiger partial charge is 0.353 e. The van der Waals surface area contributed by atoms with Crippen molar-refractivity contribution >= 4 is 21.6 Å². The van der Waals surface area contributed by atoms with Crippen molar-refractivity contribution in [3.05, 3.63) is 59.7 Å². The van der Waals surface area contributed by atoms with Crippen molar-refractivity contribution < 1.29 is 13.2 Å². The standard InChI is InChI=1S/C20H24N2O3S/c1-14(2)16-5-11-19(12-6-16)26(24,25)22-18-7-3-15(4-8-18)13-20(23)21-17-9-10-17/h3-8,11-12,14,17,22H,9-10,13H2,1-2H3,(H,21,23). The van der Waals surface area contributed by atoms with Crippen LogP contribution in [-0.4, -0.2) is 20.4 Å². The van der Waals surface area contributed by atoms with Crippen LogP contribution in [0.5, 0.6) is 0 Å². The molecule has 2 aromatic carbocycles. The van der Waals surface area contributed by atoms with Crippen LogP contribution in [0.3, 0.4) is 0 Å². The van der Waals surface area contributed by atoms with E-state index >= 15 is 0 Å². The molecule has 26 heavy (non-hydrogen) atoms. The summed E-state index contributed by atoms with van der Waals surface area (Å²) in [5.74, 6) is 0.357. The van der Waals surface area contributed by atoms with Gasteiger partial charge in [0.25, 0.3) is 10.0 Å². The summed E-state index contributed by atoms with van der Waals surface area (Å²) in [5, 5.41) is 2.94. The van der Waals surface area contributed by atoms with Gasteiger partial charge in [0.1, 0.15) is 0 Å². The van der Waals surface area contributed by atoms with E-state index in [2.05, 4.69) is 23.9 Å². The van der Waals surface area contributed by atoms with Crippen LogP contribution in [0.4, 0.5) is 5.69 Å². The molecule has 3 rings (SSSR count). The molecule has 1 fully saturated rings. The van der Waals surface area contributed by atoms with E-state index in [1.54, 1.807) is 36.4 Å². The van der Waals surface area contributed by atoms with Crippen molar-refractivity contribution in [3.63, 3.8) is 0 Å². The maximum atomic E-state index is 12.5. The van der Waals surface area contributed by atoms with E-state index in [-0.39, 0.29) is 10.8 Å². The zero-order valence-corrected chi connectivity index (χ0v) is 15.8. The first-order valence-electron chi connectivity index (χ1n) is 8.84. The number of carbonyl (C=O) groups is 1. The summed E-state index contributed by atoms with van der Waals surface area (Å²) >= 11 is 0. The Morgan fingerprint density at radius 1 is 1.04 bits per heavy atom. The van der Waals surface area contributed by atoms with Crippen LogP contribution >= 0.6 is 0 Å². The van der Waals surface area contributed by atoms with Gasteiger partial charge < -0.3 is 5.32 Å². The fourth-order valence-electron chi connectivity index (χ4n) is 2.63. The van der Waals surface area contributed by atoms with Gasteiger partial charge in [-0.1, -0.05) is 38.1 Å². The SMILES string of the molecule is CC(C)c1ccc(S(=O)(=O)Nc2ccc(CC(=O)NC3CC3)cc2)cc1. The molecule has 1 aliphatic rings. The molecule has 0 saturated heterocycles. The molecule has 1 saturated carbocycles. The highest BCUT2D eigenvalue weighted by Crippen LogP contribution is 2.21. The fourth-order valence-corrected chi connectivity index (χ4v) is 3.69. The number of hydrogen-bond donors (Lipinski definition) is 2. The first-order chi connectivity index (χ1) is 12.3. The second kappa shape index (κ2) is 7.50. The summed E-state index contributed by atoms with van der Waals surface area (Å²) in [6.45, 7) is 4.13. The number of amides is 1. The normalized spacial score (nSPS) is 14.3. The minimum atomic E-state index is -3.63. The molecule has 0 aliphatic heterocycles. The summed E-state index contributed by atoms with van der Waals surface area (Å²) in [4.78, 5) is 12.0. The lowest BCUT2D eigenvalue weighted by atomic mass is 10.0. The van der Waals surface area contributed by atoms with Gasteiger partial charge in [-0.15, -0.1) is 0 Å².